The molecular formula is C18H21N3O. The highest BCUT2D eigenvalue weighted by Gasteiger charge is 2.50. The quantitative estimate of drug-likeness (QED) is 0.808. The summed E-state index contributed by atoms with van der Waals surface area (Å²) >= 11 is 0. The van der Waals surface area contributed by atoms with Crippen molar-refractivity contribution in [3.8, 4) is 0 Å². The first kappa shape index (κ1) is 12.7. The van der Waals surface area contributed by atoms with Crippen LogP contribution in [0.1, 0.15) is 18.4 Å². The molecule has 114 valence electrons. The van der Waals surface area contributed by atoms with E-state index in [1.807, 2.05) is 0 Å². The minimum absolute atomic E-state index is 0.0166. The maximum absolute atomic E-state index is 6.12. The second-order valence-corrected chi connectivity index (χ2v) is 7.03. The van der Waals surface area contributed by atoms with Crippen LogP contribution in [-0.4, -0.2) is 47.1 Å². The third-order valence-electron chi connectivity index (χ3n) is 5.76. The van der Waals surface area contributed by atoms with Gasteiger partial charge in [0.15, 0.2) is 0 Å². The number of fused-ring (bicyclic) bond motifs is 3. The number of benzene rings is 1. The van der Waals surface area contributed by atoms with Crippen molar-refractivity contribution in [2.45, 2.75) is 18.4 Å². The Morgan fingerprint density at radius 3 is 2.82 bits per heavy atom. The molecule has 1 unspecified atom stereocenters. The molecule has 2 bridgehead atoms. The molecule has 3 saturated heterocycles. The molecule has 2 aromatic rings. The third-order valence-corrected chi connectivity index (χ3v) is 5.76. The van der Waals surface area contributed by atoms with Gasteiger partial charge in [-0.2, -0.15) is 0 Å². The van der Waals surface area contributed by atoms with E-state index in [1.165, 1.54) is 36.8 Å². The average molecular weight is 295 g/mol. The number of piperidine rings is 3. The lowest BCUT2D eigenvalue weighted by Crippen LogP contribution is -2.58. The van der Waals surface area contributed by atoms with Gasteiger partial charge in [-0.25, -0.2) is 4.99 Å². The largest absolute Gasteiger partial charge is 0.475 e. The zero-order chi connectivity index (χ0) is 14.7. The van der Waals surface area contributed by atoms with E-state index in [1.54, 1.807) is 0 Å². The second-order valence-electron chi connectivity index (χ2n) is 7.03. The summed E-state index contributed by atoms with van der Waals surface area (Å²) in [7, 11) is 2.09. The Morgan fingerprint density at radius 1 is 1.23 bits per heavy atom. The van der Waals surface area contributed by atoms with Crippen LogP contribution in [0.3, 0.4) is 0 Å². The van der Waals surface area contributed by atoms with Crippen molar-refractivity contribution in [3.63, 3.8) is 0 Å². The van der Waals surface area contributed by atoms with Gasteiger partial charge < -0.3 is 14.2 Å². The Kier molecular flexibility index (Phi) is 2.51. The van der Waals surface area contributed by atoms with Gasteiger partial charge >= 0.3 is 0 Å². The summed E-state index contributed by atoms with van der Waals surface area (Å²) in [6.07, 6.45) is 4.70. The smallest absolute Gasteiger partial charge is 0.219 e. The first-order valence-corrected chi connectivity index (χ1v) is 8.25. The van der Waals surface area contributed by atoms with Gasteiger partial charge in [0.25, 0.3) is 0 Å². The number of hydrogen-bond acceptors (Lipinski definition) is 3. The Balaban J connectivity index is 1.60. The molecule has 4 aliphatic heterocycles. The number of aryl methyl sites for hydroxylation is 1. The molecule has 4 heteroatoms. The number of rotatable bonds is 1. The summed E-state index contributed by atoms with van der Waals surface area (Å²) in [6.45, 7) is 4.32. The summed E-state index contributed by atoms with van der Waals surface area (Å²) in [5.74, 6) is 1.55. The van der Waals surface area contributed by atoms with Gasteiger partial charge in [-0.3, -0.25) is 0 Å². The van der Waals surface area contributed by atoms with Crippen LogP contribution in [0.15, 0.2) is 35.5 Å². The van der Waals surface area contributed by atoms with E-state index in [2.05, 4.69) is 47.0 Å². The number of aromatic nitrogens is 1. The van der Waals surface area contributed by atoms with E-state index < -0.39 is 0 Å². The number of para-hydroxylation sites is 1. The van der Waals surface area contributed by atoms with Crippen LogP contribution in [0.5, 0.6) is 0 Å². The van der Waals surface area contributed by atoms with Crippen molar-refractivity contribution in [2.75, 3.05) is 26.2 Å². The van der Waals surface area contributed by atoms with Crippen LogP contribution in [0.25, 0.3) is 10.9 Å². The zero-order valence-corrected chi connectivity index (χ0v) is 13.0. The molecule has 1 aromatic carbocycles. The van der Waals surface area contributed by atoms with Crippen molar-refractivity contribution < 1.29 is 4.74 Å². The molecule has 6 rings (SSSR count). The van der Waals surface area contributed by atoms with E-state index in [9.17, 15) is 0 Å². The summed E-state index contributed by atoms with van der Waals surface area (Å²) in [5.41, 5.74) is 2.40. The monoisotopic (exact) mass is 295 g/mol. The molecule has 0 N–H and O–H groups in total. The van der Waals surface area contributed by atoms with Crippen LogP contribution < -0.4 is 0 Å². The van der Waals surface area contributed by atoms with Gasteiger partial charge in [0, 0.05) is 30.7 Å². The molecule has 1 aromatic heterocycles. The van der Waals surface area contributed by atoms with Crippen molar-refractivity contribution >= 4 is 16.8 Å². The predicted molar refractivity (Wildman–Crippen MR) is 87.3 cm³/mol. The molecule has 4 aliphatic rings. The van der Waals surface area contributed by atoms with Crippen LogP contribution in [-0.2, 0) is 11.8 Å². The fourth-order valence-electron chi connectivity index (χ4n) is 4.55. The summed E-state index contributed by atoms with van der Waals surface area (Å²) in [5, 5.41) is 1.24. The van der Waals surface area contributed by atoms with Crippen LogP contribution in [0.4, 0.5) is 0 Å². The molecule has 5 heterocycles. The van der Waals surface area contributed by atoms with Crippen molar-refractivity contribution in [2.24, 2.45) is 18.0 Å². The molecule has 0 amide bonds. The van der Waals surface area contributed by atoms with Gasteiger partial charge in [-0.1, -0.05) is 18.2 Å². The lowest BCUT2D eigenvalue weighted by Gasteiger charge is -2.48. The van der Waals surface area contributed by atoms with Gasteiger partial charge in [0.1, 0.15) is 12.1 Å². The zero-order valence-electron chi connectivity index (χ0n) is 13.0. The number of hydrogen-bond donors (Lipinski definition) is 0. The summed E-state index contributed by atoms with van der Waals surface area (Å²) in [6, 6.07) is 8.49. The predicted octanol–water partition coefficient (Wildman–Crippen LogP) is 2.42. The highest BCUT2D eigenvalue weighted by Crippen LogP contribution is 2.42. The molecule has 0 saturated carbocycles. The van der Waals surface area contributed by atoms with E-state index >= 15 is 0 Å². The highest BCUT2D eigenvalue weighted by atomic mass is 16.5. The molecule has 0 radical (unpaired) electrons. The van der Waals surface area contributed by atoms with E-state index in [0.717, 1.165) is 24.6 Å². The maximum atomic E-state index is 6.12. The van der Waals surface area contributed by atoms with Gasteiger partial charge in [0.2, 0.25) is 5.90 Å². The molecule has 1 atom stereocenters. The number of ether oxygens (including phenoxy) is 1. The summed E-state index contributed by atoms with van der Waals surface area (Å²) in [4.78, 5) is 7.69. The highest BCUT2D eigenvalue weighted by molar-refractivity contribution is 6.07. The first-order valence-electron chi connectivity index (χ1n) is 8.25. The second kappa shape index (κ2) is 4.35. The summed E-state index contributed by atoms with van der Waals surface area (Å²) < 4.78 is 8.28. The molecule has 4 nitrogen and oxygen atoms in total. The van der Waals surface area contributed by atoms with Crippen LogP contribution in [0.2, 0.25) is 0 Å². The Hall–Kier alpha value is -1.81. The molecule has 22 heavy (non-hydrogen) atoms. The molecule has 0 aliphatic carbocycles. The number of nitrogens with zero attached hydrogens (tertiary/aromatic N) is 3. The fraction of sp³-hybridized carbons (Fsp3) is 0.500. The van der Waals surface area contributed by atoms with Crippen molar-refractivity contribution in [1.82, 2.24) is 9.47 Å². The van der Waals surface area contributed by atoms with E-state index in [-0.39, 0.29) is 5.54 Å². The molecule has 3 fully saturated rings. The van der Waals surface area contributed by atoms with E-state index in [4.69, 9.17) is 9.73 Å². The first-order chi connectivity index (χ1) is 10.8. The Labute approximate surface area is 130 Å². The van der Waals surface area contributed by atoms with Gasteiger partial charge in [0.05, 0.1) is 5.56 Å². The normalized spacial score (nSPS) is 33.4. The van der Waals surface area contributed by atoms with Crippen LogP contribution in [0, 0.1) is 5.92 Å². The van der Waals surface area contributed by atoms with Crippen LogP contribution >= 0.6 is 0 Å². The van der Waals surface area contributed by atoms with Crippen molar-refractivity contribution in [1.29, 1.82) is 0 Å². The minimum Gasteiger partial charge on any atom is -0.475 e. The van der Waals surface area contributed by atoms with Gasteiger partial charge in [-0.15, -0.1) is 0 Å². The maximum Gasteiger partial charge on any atom is 0.219 e. The van der Waals surface area contributed by atoms with Gasteiger partial charge in [-0.05, 0) is 37.9 Å². The fourth-order valence-corrected chi connectivity index (χ4v) is 4.55. The number of aliphatic imine (C=N–C) groups is 1. The average Bonchev–Trinajstić information content (AvgIpc) is 3.11. The minimum atomic E-state index is 0.0166. The Morgan fingerprint density at radius 2 is 2.05 bits per heavy atom. The topological polar surface area (TPSA) is 29.8 Å². The Bertz CT molecular complexity index is 770. The third kappa shape index (κ3) is 1.64. The SMILES string of the molecule is Cn1cc(C2=NC3(CO2)CN2CCC3CC2)c2ccccc21. The molecular weight excluding hydrogens is 274 g/mol. The van der Waals surface area contributed by atoms with E-state index in [0.29, 0.717) is 5.92 Å². The standard InChI is InChI=1S/C18H21N3O/c1-20-10-15(14-4-2-3-5-16(14)20)17-19-18(12-22-17)11-21-8-6-13(18)7-9-21/h2-5,10,13H,6-9,11-12H2,1H3. The lowest BCUT2D eigenvalue weighted by atomic mass is 9.74. The molecule has 1 spiro atoms. The lowest BCUT2D eigenvalue weighted by molar-refractivity contribution is 0.0167. The van der Waals surface area contributed by atoms with Crippen molar-refractivity contribution in [3.05, 3.63) is 36.0 Å².